The van der Waals surface area contributed by atoms with Crippen molar-refractivity contribution in [1.29, 1.82) is 0 Å². The zero-order valence-electron chi connectivity index (χ0n) is 9.99. The quantitative estimate of drug-likeness (QED) is 0.827. The maximum Gasteiger partial charge on any atom is 0.152 e. The number of hydrogen-bond acceptors (Lipinski definition) is 3. The van der Waals surface area contributed by atoms with Gasteiger partial charge in [-0.15, -0.1) is 0 Å². The number of carbonyl (C=O) groups is 1. The van der Waals surface area contributed by atoms with Crippen LogP contribution in [0.25, 0.3) is 0 Å². The van der Waals surface area contributed by atoms with Crippen molar-refractivity contribution in [1.82, 2.24) is 15.1 Å². The van der Waals surface area contributed by atoms with Crippen LogP contribution in [0.2, 0.25) is 0 Å². The van der Waals surface area contributed by atoms with Crippen LogP contribution in [0.1, 0.15) is 31.9 Å². The number of nitrogens with zero attached hydrogens (tertiary/aromatic N) is 2. The Labute approximate surface area is 96.0 Å². The molecule has 1 N–H and O–H groups in total. The highest BCUT2D eigenvalue weighted by Crippen LogP contribution is 2.21. The predicted octanol–water partition coefficient (Wildman–Crippen LogP) is 1.06. The van der Waals surface area contributed by atoms with Gasteiger partial charge in [-0.25, -0.2) is 0 Å². The van der Waals surface area contributed by atoms with E-state index < -0.39 is 0 Å². The van der Waals surface area contributed by atoms with E-state index in [1.807, 2.05) is 24.7 Å². The van der Waals surface area contributed by atoms with Crippen LogP contribution in [0, 0.1) is 0 Å². The van der Waals surface area contributed by atoms with Crippen LogP contribution in [0.4, 0.5) is 0 Å². The number of carbonyl (C=O) groups excluding carboxylic acids is 1. The molecule has 1 fully saturated rings. The highest BCUT2D eigenvalue weighted by Gasteiger charge is 2.34. The molecule has 16 heavy (non-hydrogen) atoms. The summed E-state index contributed by atoms with van der Waals surface area (Å²) in [5, 5.41) is 7.40. The highest BCUT2D eigenvalue weighted by atomic mass is 16.1. The summed E-state index contributed by atoms with van der Waals surface area (Å²) in [5.41, 5.74) is 0.841. The molecule has 0 aromatic carbocycles. The van der Waals surface area contributed by atoms with E-state index in [4.69, 9.17) is 0 Å². The van der Waals surface area contributed by atoms with Crippen molar-refractivity contribution in [2.45, 2.75) is 38.1 Å². The molecule has 1 atom stereocenters. The van der Waals surface area contributed by atoms with E-state index in [1.54, 1.807) is 6.20 Å². The molecule has 1 aliphatic rings. The molecule has 1 saturated heterocycles. The summed E-state index contributed by atoms with van der Waals surface area (Å²) in [6, 6.07) is 1.97. The van der Waals surface area contributed by atoms with Crippen molar-refractivity contribution in [3.05, 3.63) is 18.0 Å². The van der Waals surface area contributed by atoms with Gasteiger partial charge in [-0.3, -0.25) is 9.48 Å². The molecule has 88 valence electrons. The molecule has 1 aromatic rings. The number of aromatic nitrogens is 2. The van der Waals surface area contributed by atoms with Gasteiger partial charge in [-0.05, 0) is 38.8 Å². The van der Waals surface area contributed by atoms with Crippen LogP contribution >= 0.6 is 0 Å². The fourth-order valence-electron chi connectivity index (χ4n) is 2.30. The molecule has 0 bridgehead atoms. The van der Waals surface area contributed by atoms with E-state index >= 15 is 0 Å². The molecule has 1 aromatic heterocycles. The van der Waals surface area contributed by atoms with Crippen molar-refractivity contribution < 1.29 is 4.79 Å². The first-order chi connectivity index (χ1) is 7.62. The number of nitrogens with one attached hydrogen (secondary N) is 1. The zero-order valence-corrected chi connectivity index (χ0v) is 9.99. The SMILES string of the molecule is Cn1nccc1CCC(=O)C1(C)CCCN1. The van der Waals surface area contributed by atoms with Gasteiger partial charge in [0.05, 0.1) is 5.54 Å². The van der Waals surface area contributed by atoms with Gasteiger partial charge in [0.25, 0.3) is 0 Å². The molecule has 4 heteroatoms. The summed E-state index contributed by atoms with van der Waals surface area (Å²) in [5.74, 6) is 0.325. The van der Waals surface area contributed by atoms with Gasteiger partial charge in [0.1, 0.15) is 0 Å². The molecule has 0 spiro atoms. The van der Waals surface area contributed by atoms with E-state index in [0.717, 1.165) is 31.5 Å². The first kappa shape index (κ1) is 11.3. The second-order valence-corrected chi connectivity index (χ2v) is 4.73. The van der Waals surface area contributed by atoms with Crippen molar-refractivity contribution in [2.24, 2.45) is 7.05 Å². The minimum absolute atomic E-state index is 0.279. The van der Waals surface area contributed by atoms with Crippen molar-refractivity contribution >= 4 is 5.78 Å². The fourth-order valence-corrected chi connectivity index (χ4v) is 2.30. The molecular formula is C12H19N3O. The van der Waals surface area contributed by atoms with E-state index in [0.29, 0.717) is 12.2 Å². The first-order valence-corrected chi connectivity index (χ1v) is 5.87. The Hall–Kier alpha value is -1.16. The minimum atomic E-state index is -0.279. The van der Waals surface area contributed by atoms with Crippen LogP contribution in [-0.2, 0) is 18.3 Å². The summed E-state index contributed by atoms with van der Waals surface area (Å²) in [6.07, 6.45) is 5.23. The van der Waals surface area contributed by atoms with Crippen LogP contribution < -0.4 is 5.32 Å². The van der Waals surface area contributed by atoms with Crippen molar-refractivity contribution in [3.63, 3.8) is 0 Å². The maximum atomic E-state index is 12.1. The average molecular weight is 221 g/mol. The summed E-state index contributed by atoms with van der Waals surface area (Å²) < 4.78 is 1.83. The molecule has 0 radical (unpaired) electrons. The van der Waals surface area contributed by atoms with Gasteiger partial charge >= 0.3 is 0 Å². The molecule has 0 amide bonds. The van der Waals surface area contributed by atoms with Crippen LogP contribution in [0.3, 0.4) is 0 Å². The predicted molar refractivity (Wildman–Crippen MR) is 62.2 cm³/mol. The number of rotatable bonds is 4. The van der Waals surface area contributed by atoms with Crippen molar-refractivity contribution in [3.8, 4) is 0 Å². The van der Waals surface area contributed by atoms with Gasteiger partial charge in [-0.1, -0.05) is 0 Å². The van der Waals surface area contributed by atoms with E-state index in [2.05, 4.69) is 10.4 Å². The smallest absolute Gasteiger partial charge is 0.152 e. The zero-order chi connectivity index (χ0) is 11.6. The van der Waals surface area contributed by atoms with Gasteiger partial charge in [0.2, 0.25) is 0 Å². The van der Waals surface area contributed by atoms with Crippen LogP contribution in [0.15, 0.2) is 12.3 Å². The summed E-state index contributed by atoms with van der Waals surface area (Å²) >= 11 is 0. The summed E-state index contributed by atoms with van der Waals surface area (Å²) in [4.78, 5) is 12.1. The van der Waals surface area contributed by atoms with E-state index in [9.17, 15) is 4.79 Å². The molecule has 1 unspecified atom stereocenters. The number of hydrogen-bond donors (Lipinski definition) is 1. The van der Waals surface area contributed by atoms with Crippen molar-refractivity contribution in [2.75, 3.05) is 6.54 Å². The first-order valence-electron chi connectivity index (χ1n) is 5.87. The lowest BCUT2D eigenvalue weighted by Gasteiger charge is -2.22. The summed E-state index contributed by atoms with van der Waals surface area (Å²) in [6.45, 7) is 2.99. The topological polar surface area (TPSA) is 46.9 Å². The molecule has 2 heterocycles. The second-order valence-electron chi connectivity index (χ2n) is 4.73. The number of ketones is 1. The Morgan fingerprint density at radius 2 is 2.50 bits per heavy atom. The Morgan fingerprint density at radius 3 is 3.06 bits per heavy atom. The van der Waals surface area contributed by atoms with E-state index in [-0.39, 0.29) is 5.54 Å². The third-order valence-corrected chi connectivity index (χ3v) is 3.51. The number of aryl methyl sites for hydroxylation is 2. The molecular weight excluding hydrogens is 202 g/mol. The Morgan fingerprint density at radius 1 is 1.69 bits per heavy atom. The second kappa shape index (κ2) is 4.37. The van der Waals surface area contributed by atoms with Gasteiger partial charge < -0.3 is 5.32 Å². The standard InChI is InChI=1S/C12H19N3O/c1-12(7-3-8-13-12)11(16)5-4-10-6-9-14-15(10)2/h6,9,13H,3-5,7-8H2,1-2H3. The molecule has 0 aliphatic carbocycles. The molecule has 2 rings (SSSR count). The minimum Gasteiger partial charge on any atom is -0.305 e. The van der Waals surface area contributed by atoms with Crippen LogP contribution in [0.5, 0.6) is 0 Å². The van der Waals surface area contributed by atoms with E-state index in [1.165, 1.54) is 0 Å². The van der Waals surface area contributed by atoms with Gasteiger partial charge in [0, 0.05) is 25.4 Å². The Bertz CT molecular complexity index is 377. The number of Topliss-reactive ketones (excluding diaryl/α,β-unsaturated/α-hetero) is 1. The van der Waals surface area contributed by atoms with Crippen LogP contribution in [-0.4, -0.2) is 27.6 Å². The normalized spacial score (nSPS) is 24.9. The largest absolute Gasteiger partial charge is 0.305 e. The lowest BCUT2D eigenvalue weighted by Crippen LogP contribution is -2.44. The summed E-state index contributed by atoms with van der Waals surface area (Å²) in [7, 11) is 1.91. The van der Waals surface area contributed by atoms with Gasteiger partial charge in [-0.2, -0.15) is 5.10 Å². The Balaban J connectivity index is 1.91. The molecule has 1 aliphatic heterocycles. The lowest BCUT2D eigenvalue weighted by molar-refractivity contribution is -0.124. The highest BCUT2D eigenvalue weighted by molar-refractivity contribution is 5.88. The molecule has 0 saturated carbocycles. The van der Waals surface area contributed by atoms with Gasteiger partial charge in [0.15, 0.2) is 5.78 Å². The Kier molecular flexibility index (Phi) is 3.10. The maximum absolute atomic E-state index is 12.1. The monoisotopic (exact) mass is 221 g/mol. The third-order valence-electron chi connectivity index (χ3n) is 3.51. The average Bonchev–Trinajstić information content (AvgIpc) is 2.85. The molecule has 4 nitrogen and oxygen atoms in total. The fraction of sp³-hybridized carbons (Fsp3) is 0.667. The third kappa shape index (κ3) is 2.16. The lowest BCUT2D eigenvalue weighted by atomic mass is 9.91.